The molecule has 0 atom stereocenters. The van der Waals surface area contributed by atoms with Gasteiger partial charge >= 0.3 is 0 Å². The molecule has 0 aliphatic carbocycles. The number of benzene rings is 1. The second kappa shape index (κ2) is 5.71. The van der Waals surface area contributed by atoms with E-state index in [4.69, 9.17) is 11.6 Å². The summed E-state index contributed by atoms with van der Waals surface area (Å²) in [5.74, 6) is 0.509. The highest BCUT2D eigenvalue weighted by Crippen LogP contribution is 2.28. The lowest BCUT2D eigenvalue weighted by Crippen LogP contribution is -2.16. The van der Waals surface area contributed by atoms with E-state index in [1.54, 1.807) is 6.07 Å². The van der Waals surface area contributed by atoms with Crippen LogP contribution in [0.3, 0.4) is 0 Å². The number of hydrogen-bond acceptors (Lipinski definition) is 2. The third kappa shape index (κ3) is 2.78. The van der Waals surface area contributed by atoms with Crippen molar-refractivity contribution < 1.29 is 0 Å². The molecule has 3 nitrogen and oxygen atoms in total. The number of hydrogen-bond donors (Lipinski definition) is 1. The first-order valence-electron chi connectivity index (χ1n) is 5.27. The molecule has 1 aromatic heterocycles. The molecule has 0 bridgehead atoms. The molecule has 1 aromatic carbocycles. The average Bonchev–Trinajstić information content (AvgIpc) is 2.32. The molecule has 1 N–H and O–H groups in total. The van der Waals surface area contributed by atoms with Crippen molar-refractivity contribution in [1.29, 1.82) is 0 Å². The maximum atomic E-state index is 11.8. The number of rotatable bonds is 2. The number of H-pyrrole nitrogens is 1. The Labute approximate surface area is 131 Å². The molecule has 0 fully saturated rings. The van der Waals surface area contributed by atoms with Gasteiger partial charge in [0.1, 0.15) is 5.82 Å². The van der Waals surface area contributed by atoms with E-state index in [0.717, 1.165) is 15.7 Å². The summed E-state index contributed by atoms with van der Waals surface area (Å²) >= 11 is 11.5. The van der Waals surface area contributed by atoms with Crippen LogP contribution in [0, 0.1) is 3.57 Å². The monoisotopic (exact) mass is 438 g/mol. The third-order valence-corrected chi connectivity index (χ3v) is 4.37. The van der Waals surface area contributed by atoms with Gasteiger partial charge in [0.2, 0.25) is 0 Å². The molecule has 0 spiro atoms. The Kier molecular flexibility index (Phi) is 4.45. The summed E-state index contributed by atoms with van der Waals surface area (Å²) in [6.45, 7) is 1.97. The Hall–Kier alpha value is -0.400. The molecule has 0 amide bonds. The predicted molar refractivity (Wildman–Crippen MR) is 85.1 cm³/mol. The number of aromatic amines is 1. The van der Waals surface area contributed by atoms with Crippen LogP contribution in [0.2, 0.25) is 5.02 Å². The lowest BCUT2D eigenvalue weighted by atomic mass is 10.2. The molecule has 94 valence electrons. The molecule has 0 saturated carbocycles. The van der Waals surface area contributed by atoms with Crippen molar-refractivity contribution in [3.8, 4) is 11.4 Å². The second-order valence-electron chi connectivity index (χ2n) is 3.65. The lowest BCUT2D eigenvalue weighted by Gasteiger charge is -2.07. The molecule has 2 aromatic rings. The van der Waals surface area contributed by atoms with Gasteiger partial charge in [0, 0.05) is 10.0 Å². The molecule has 0 aliphatic heterocycles. The minimum Gasteiger partial charge on any atom is -0.306 e. The molecular weight excluding hydrogens is 430 g/mol. The molecule has 2 rings (SSSR count). The van der Waals surface area contributed by atoms with Crippen LogP contribution in [0.5, 0.6) is 0 Å². The van der Waals surface area contributed by atoms with Gasteiger partial charge in [0.05, 0.1) is 14.3 Å². The first-order chi connectivity index (χ1) is 8.52. The number of aryl methyl sites for hydroxylation is 1. The van der Waals surface area contributed by atoms with Gasteiger partial charge in [-0.3, -0.25) is 4.79 Å². The highest BCUT2D eigenvalue weighted by atomic mass is 127. The summed E-state index contributed by atoms with van der Waals surface area (Å²) in [4.78, 5) is 19.0. The van der Waals surface area contributed by atoms with E-state index in [2.05, 4.69) is 25.9 Å². The van der Waals surface area contributed by atoms with Crippen molar-refractivity contribution in [3.63, 3.8) is 0 Å². The Morgan fingerprint density at radius 2 is 2.22 bits per heavy atom. The minimum absolute atomic E-state index is 0.128. The first kappa shape index (κ1) is 14.0. The fraction of sp³-hybridized carbons (Fsp3) is 0.167. The van der Waals surface area contributed by atoms with Gasteiger partial charge in [-0.1, -0.05) is 34.5 Å². The van der Waals surface area contributed by atoms with Crippen LogP contribution in [-0.2, 0) is 6.42 Å². The number of halogens is 3. The van der Waals surface area contributed by atoms with E-state index in [-0.39, 0.29) is 5.56 Å². The molecule has 0 saturated heterocycles. The van der Waals surface area contributed by atoms with Gasteiger partial charge in [0.15, 0.2) is 0 Å². The van der Waals surface area contributed by atoms with Crippen LogP contribution in [-0.4, -0.2) is 9.97 Å². The van der Waals surface area contributed by atoms with Gasteiger partial charge in [-0.05, 0) is 47.2 Å². The van der Waals surface area contributed by atoms with E-state index in [9.17, 15) is 4.79 Å². The predicted octanol–water partition coefficient (Wildman–Crippen LogP) is 4.02. The fourth-order valence-corrected chi connectivity index (χ4v) is 2.95. The maximum Gasteiger partial charge on any atom is 0.264 e. The van der Waals surface area contributed by atoms with E-state index >= 15 is 0 Å². The Morgan fingerprint density at radius 3 is 2.83 bits per heavy atom. The van der Waals surface area contributed by atoms with Crippen molar-refractivity contribution in [2.45, 2.75) is 13.3 Å². The van der Waals surface area contributed by atoms with Crippen LogP contribution in [0.25, 0.3) is 11.4 Å². The van der Waals surface area contributed by atoms with E-state index in [0.29, 0.717) is 20.8 Å². The second-order valence-corrected chi connectivity index (χ2v) is 6.05. The fourth-order valence-electron chi connectivity index (χ4n) is 1.55. The van der Waals surface area contributed by atoms with Crippen LogP contribution >= 0.6 is 50.1 Å². The van der Waals surface area contributed by atoms with E-state index in [1.165, 1.54) is 0 Å². The van der Waals surface area contributed by atoms with Crippen molar-refractivity contribution >= 4 is 50.1 Å². The SMILES string of the molecule is CCc1nc(-c2ccc(Br)cc2Cl)[nH]c(=O)c1I. The lowest BCUT2D eigenvalue weighted by molar-refractivity contribution is 0.968. The summed E-state index contributed by atoms with van der Waals surface area (Å²) in [6.07, 6.45) is 0.712. The molecule has 0 aliphatic rings. The highest BCUT2D eigenvalue weighted by molar-refractivity contribution is 14.1. The molecule has 0 radical (unpaired) electrons. The Balaban J connectivity index is 2.64. The largest absolute Gasteiger partial charge is 0.306 e. The van der Waals surface area contributed by atoms with Gasteiger partial charge in [-0.2, -0.15) is 0 Å². The van der Waals surface area contributed by atoms with Gasteiger partial charge in [0.25, 0.3) is 5.56 Å². The topological polar surface area (TPSA) is 45.8 Å². The van der Waals surface area contributed by atoms with Crippen molar-refractivity contribution in [3.05, 3.63) is 47.3 Å². The highest BCUT2D eigenvalue weighted by Gasteiger charge is 2.11. The Morgan fingerprint density at radius 1 is 1.50 bits per heavy atom. The average molecular weight is 439 g/mol. The maximum absolute atomic E-state index is 11.8. The summed E-state index contributed by atoms with van der Waals surface area (Å²) in [6, 6.07) is 5.47. The number of nitrogens with zero attached hydrogens (tertiary/aromatic N) is 1. The molecular formula is C12H9BrClIN2O. The summed E-state index contributed by atoms with van der Waals surface area (Å²) in [5.41, 5.74) is 1.38. The van der Waals surface area contributed by atoms with Crippen LogP contribution < -0.4 is 5.56 Å². The van der Waals surface area contributed by atoms with Crippen LogP contribution in [0.15, 0.2) is 27.5 Å². The number of nitrogens with one attached hydrogen (secondary N) is 1. The zero-order valence-corrected chi connectivity index (χ0v) is 13.9. The standard InChI is InChI=1S/C12H9BrClIN2O/c1-2-9-10(15)12(18)17-11(16-9)7-4-3-6(13)5-8(7)14/h3-5H,2H2,1H3,(H,16,17,18). The Bertz CT molecular complexity index is 657. The quantitative estimate of drug-likeness (QED) is 0.719. The molecule has 18 heavy (non-hydrogen) atoms. The summed E-state index contributed by atoms with van der Waals surface area (Å²) in [7, 11) is 0. The van der Waals surface area contributed by atoms with Crippen LogP contribution in [0.1, 0.15) is 12.6 Å². The number of aromatic nitrogens is 2. The smallest absolute Gasteiger partial charge is 0.264 e. The zero-order chi connectivity index (χ0) is 13.3. The van der Waals surface area contributed by atoms with E-state index < -0.39 is 0 Å². The van der Waals surface area contributed by atoms with Gasteiger partial charge in [-0.15, -0.1) is 0 Å². The third-order valence-electron chi connectivity index (χ3n) is 2.45. The van der Waals surface area contributed by atoms with Crippen molar-refractivity contribution in [2.24, 2.45) is 0 Å². The summed E-state index contributed by atoms with van der Waals surface area (Å²) in [5, 5.41) is 0.552. The normalized spacial score (nSPS) is 10.7. The molecule has 0 unspecified atom stereocenters. The van der Waals surface area contributed by atoms with Gasteiger partial charge < -0.3 is 4.98 Å². The van der Waals surface area contributed by atoms with Gasteiger partial charge in [-0.25, -0.2) is 4.98 Å². The van der Waals surface area contributed by atoms with Crippen molar-refractivity contribution in [1.82, 2.24) is 9.97 Å². The van der Waals surface area contributed by atoms with E-state index in [1.807, 2.05) is 41.6 Å². The molecule has 6 heteroatoms. The van der Waals surface area contributed by atoms with Crippen molar-refractivity contribution in [2.75, 3.05) is 0 Å². The first-order valence-corrected chi connectivity index (χ1v) is 7.52. The molecule has 1 heterocycles. The minimum atomic E-state index is -0.128. The van der Waals surface area contributed by atoms with Crippen LogP contribution in [0.4, 0.5) is 0 Å². The zero-order valence-electron chi connectivity index (χ0n) is 9.43. The summed E-state index contributed by atoms with van der Waals surface area (Å²) < 4.78 is 1.52.